The fraction of sp³-hybridized carbons (Fsp3) is 0.250. The zero-order valence-electron chi connectivity index (χ0n) is 9.47. The first-order valence-electron chi connectivity index (χ1n) is 5.12. The van der Waals surface area contributed by atoms with Gasteiger partial charge in [-0.1, -0.05) is 33.6 Å². The number of rotatable bonds is 2. The quantitative estimate of drug-likeness (QED) is 0.815. The molecule has 0 amide bonds. The van der Waals surface area contributed by atoms with E-state index >= 15 is 0 Å². The molecule has 1 heterocycles. The van der Waals surface area contributed by atoms with Crippen LogP contribution in [0.3, 0.4) is 0 Å². The number of halogens is 3. The predicted octanol–water partition coefficient (Wildman–Crippen LogP) is 4.10. The third-order valence-corrected chi connectivity index (χ3v) is 3.91. The Kier molecular flexibility index (Phi) is 3.54. The summed E-state index contributed by atoms with van der Waals surface area (Å²) in [5.41, 5.74) is 2.69. The zero-order chi connectivity index (χ0) is 12.6. The summed E-state index contributed by atoms with van der Waals surface area (Å²) < 4.78 is 15.5. The van der Waals surface area contributed by atoms with Gasteiger partial charge in [-0.3, -0.25) is 4.68 Å². The van der Waals surface area contributed by atoms with E-state index < -0.39 is 0 Å². The molecule has 0 aliphatic rings. The van der Waals surface area contributed by atoms with E-state index in [1.165, 1.54) is 12.1 Å². The van der Waals surface area contributed by atoms with Crippen LogP contribution >= 0.6 is 27.5 Å². The molecular formula is C12H11BrClFN2. The van der Waals surface area contributed by atoms with Crippen LogP contribution in [0.5, 0.6) is 0 Å². The molecule has 0 unspecified atom stereocenters. The van der Waals surface area contributed by atoms with Crippen molar-refractivity contribution < 1.29 is 4.39 Å². The molecule has 2 rings (SSSR count). The topological polar surface area (TPSA) is 17.8 Å². The third-order valence-electron chi connectivity index (χ3n) is 2.63. The summed E-state index contributed by atoms with van der Waals surface area (Å²) in [5.74, 6) is -0.257. The third kappa shape index (κ3) is 2.53. The van der Waals surface area contributed by atoms with E-state index in [1.54, 1.807) is 6.07 Å². The molecule has 0 atom stereocenters. The van der Waals surface area contributed by atoms with Gasteiger partial charge in [0.1, 0.15) is 5.82 Å². The summed E-state index contributed by atoms with van der Waals surface area (Å²) >= 11 is 9.41. The maximum absolute atomic E-state index is 13.0. The summed E-state index contributed by atoms with van der Waals surface area (Å²) in [6, 6.07) is 4.62. The Hall–Kier alpha value is -0.870. The first-order chi connectivity index (χ1) is 7.99. The van der Waals surface area contributed by atoms with E-state index in [-0.39, 0.29) is 5.82 Å². The van der Waals surface area contributed by atoms with Crippen LogP contribution in [0, 0.1) is 19.7 Å². The Morgan fingerprint density at radius 2 is 2.12 bits per heavy atom. The van der Waals surface area contributed by atoms with Crippen molar-refractivity contribution in [3.8, 4) is 0 Å². The van der Waals surface area contributed by atoms with Gasteiger partial charge in [0.25, 0.3) is 0 Å². The highest BCUT2D eigenvalue weighted by atomic mass is 79.9. The first-order valence-corrected chi connectivity index (χ1v) is 6.29. The predicted molar refractivity (Wildman–Crippen MR) is 69.9 cm³/mol. The smallest absolute Gasteiger partial charge is 0.124 e. The Labute approximate surface area is 113 Å². The highest BCUT2D eigenvalue weighted by Gasteiger charge is 2.10. The van der Waals surface area contributed by atoms with Crippen LogP contribution in [0.25, 0.3) is 0 Å². The molecule has 0 N–H and O–H groups in total. The van der Waals surface area contributed by atoms with Crippen LogP contribution in [0.2, 0.25) is 5.02 Å². The molecular weight excluding hydrogens is 307 g/mol. The second-order valence-corrected chi connectivity index (χ2v) is 5.11. The van der Waals surface area contributed by atoms with Crippen molar-refractivity contribution in [2.75, 3.05) is 0 Å². The maximum atomic E-state index is 13.0. The van der Waals surface area contributed by atoms with Crippen molar-refractivity contribution in [3.05, 3.63) is 50.5 Å². The van der Waals surface area contributed by atoms with Gasteiger partial charge in [0, 0.05) is 4.47 Å². The second-order valence-electron chi connectivity index (χ2n) is 3.88. The van der Waals surface area contributed by atoms with E-state index in [0.29, 0.717) is 11.6 Å². The van der Waals surface area contributed by atoms with Gasteiger partial charge in [-0.25, -0.2) is 4.39 Å². The molecule has 1 aromatic carbocycles. The summed E-state index contributed by atoms with van der Waals surface area (Å²) in [6.45, 7) is 4.35. The largest absolute Gasteiger partial charge is 0.264 e. The summed E-state index contributed by atoms with van der Waals surface area (Å²) in [4.78, 5) is 0. The van der Waals surface area contributed by atoms with Crippen molar-refractivity contribution in [3.63, 3.8) is 0 Å². The summed E-state index contributed by atoms with van der Waals surface area (Å²) in [7, 11) is 0. The normalized spacial score (nSPS) is 10.9. The molecule has 5 heteroatoms. The average molecular weight is 318 g/mol. The van der Waals surface area contributed by atoms with Crippen LogP contribution in [-0.2, 0) is 6.54 Å². The average Bonchev–Trinajstić information content (AvgIpc) is 2.50. The number of hydrogen-bond acceptors (Lipinski definition) is 1. The van der Waals surface area contributed by atoms with Crippen LogP contribution < -0.4 is 0 Å². The lowest BCUT2D eigenvalue weighted by Crippen LogP contribution is -2.04. The molecule has 90 valence electrons. The maximum Gasteiger partial charge on any atom is 0.124 e. The van der Waals surface area contributed by atoms with Crippen molar-refractivity contribution in [1.82, 2.24) is 9.78 Å². The monoisotopic (exact) mass is 316 g/mol. The van der Waals surface area contributed by atoms with E-state index in [9.17, 15) is 4.39 Å². The van der Waals surface area contributed by atoms with Crippen molar-refractivity contribution in [1.29, 1.82) is 0 Å². The molecule has 1 aromatic heterocycles. The Balaban J connectivity index is 2.34. The van der Waals surface area contributed by atoms with Crippen LogP contribution in [-0.4, -0.2) is 9.78 Å². The van der Waals surface area contributed by atoms with Gasteiger partial charge < -0.3 is 0 Å². The first kappa shape index (κ1) is 12.6. The van der Waals surface area contributed by atoms with Gasteiger partial charge in [0.05, 0.1) is 23.0 Å². The van der Waals surface area contributed by atoms with Crippen molar-refractivity contribution >= 4 is 27.5 Å². The molecule has 0 aliphatic heterocycles. The van der Waals surface area contributed by atoms with Gasteiger partial charge in [-0.05, 0) is 31.5 Å². The Morgan fingerprint density at radius 3 is 2.65 bits per heavy atom. The lowest BCUT2D eigenvalue weighted by molar-refractivity contribution is 0.621. The summed E-state index contributed by atoms with van der Waals surface area (Å²) in [6.07, 6.45) is 0. The highest BCUT2D eigenvalue weighted by molar-refractivity contribution is 9.10. The minimum Gasteiger partial charge on any atom is -0.264 e. The number of aromatic nitrogens is 2. The molecule has 0 spiro atoms. The van der Waals surface area contributed by atoms with Gasteiger partial charge in [-0.15, -0.1) is 0 Å². The van der Waals surface area contributed by atoms with Gasteiger partial charge in [0.15, 0.2) is 0 Å². The van der Waals surface area contributed by atoms with E-state index in [0.717, 1.165) is 21.4 Å². The summed E-state index contributed by atoms with van der Waals surface area (Å²) in [5, 5.41) is 5.02. The minimum absolute atomic E-state index is 0.257. The van der Waals surface area contributed by atoms with Crippen LogP contribution in [0.4, 0.5) is 4.39 Å². The molecule has 0 saturated carbocycles. The Bertz CT molecular complexity index is 566. The van der Waals surface area contributed by atoms with Gasteiger partial charge in [0.2, 0.25) is 0 Å². The van der Waals surface area contributed by atoms with E-state index in [1.807, 2.05) is 18.5 Å². The fourth-order valence-electron chi connectivity index (χ4n) is 1.64. The number of hydrogen-bond donors (Lipinski definition) is 0. The zero-order valence-corrected chi connectivity index (χ0v) is 11.8. The SMILES string of the molecule is Cc1nn(Cc2ccc(F)cc2Br)c(C)c1Cl. The van der Waals surface area contributed by atoms with Crippen molar-refractivity contribution in [2.45, 2.75) is 20.4 Å². The molecule has 0 aliphatic carbocycles. The van der Waals surface area contributed by atoms with E-state index in [4.69, 9.17) is 11.6 Å². The molecule has 17 heavy (non-hydrogen) atoms. The molecule has 2 nitrogen and oxygen atoms in total. The molecule has 0 bridgehead atoms. The van der Waals surface area contributed by atoms with Crippen LogP contribution in [0.15, 0.2) is 22.7 Å². The second kappa shape index (κ2) is 4.78. The van der Waals surface area contributed by atoms with Crippen molar-refractivity contribution in [2.24, 2.45) is 0 Å². The van der Waals surface area contributed by atoms with E-state index in [2.05, 4.69) is 21.0 Å². The molecule has 0 saturated heterocycles. The lowest BCUT2D eigenvalue weighted by atomic mass is 10.2. The fourth-order valence-corrected chi connectivity index (χ4v) is 2.25. The van der Waals surface area contributed by atoms with Crippen LogP contribution in [0.1, 0.15) is 17.0 Å². The standard InChI is InChI=1S/C12H11BrClFN2/c1-7-12(14)8(2)17(16-7)6-9-3-4-10(15)5-11(9)13/h3-5H,6H2,1-2H3. The number of benzene rings is 1. The Morgan fingerprint density at radius 1 is 1.41 bits per heavy atom. The van der Waals surface area contributed by atoms with Gasteiger partial charge in [-0.2, -0.15) is 5.10 Å². The number of aryl methyl sites for hydroxylation is 1. The van der Waals surface area contributed by atoms with Gasteiger partial charge >= 0.3 is 0 Å². The lowest BCUT2D eigenvalue weighted by Gasteiger charge is -2.07. The number of nitrogens with zero attached hydrogens (tertiary/aromatic N) is 2. The molecule has 0 radical (unpaired) electrons. The molecule has 0 fully saturated rings. The highest BCUT2D eigenvalue weighted by Crippen LogP contribution is 2.23. The molecule has 2 aromatic rings. The minimum atomic E-state index is -0.257.